The van der Waals surface area contributed by atoms with Crippen molar-refractivity contribution < 1.29 is 0 Å². The Morgan fingerprint density at radius 3 is 1.50 bits per heavy atom. The molecular weight excluding hydrogens is 73.1 g/mol. The zero-order chi connectivity index (χ0) is 4.24. The van der Waals surface area contributed by atoms with Crippen molar-refractivity contribution in [3.05, 3.63) is 35.8 Å². The first-order valence-corrected chi connectivity index (χ1v) is 1.83. The predicted molar refractivity (Wildman–Crippen MR) is 25.3 cm³/mol. The molecule has 0 N–H and O–H groups in total. The van der Waals surface area contributed by atoms with Gasteiger partial charge in [-0.25, -0.2) is 0 Å². The molecule has 0 aromatic carbocycles. The molecule has 1 aliphatic carbocycles. The van der Waals surface area contributed by atoms with Crippen molar-refractivity contribution >= 4 is 0 Å². The quantitative estimate of drug-likeness (QED) is 0.303. The molecule has 1 rings (SSSR count). The maximum absolute atomic E-state index is 2.77. The molecule has 0 aliphatic heterocycles. The highest BCUT2D eigenvalue weighted by Crippen LogP contribution is 1.79. The number of rotatable bonds is 0. The van der Waals surface area contributed by atoms with Crippen molar-refractivity contribution in [1.82, 2.24) is 0 Å². The summed E-state index contributed by atoms with van der Waals surface area (Å²) in [5.41, 5.74) is 5.53. The summed E-state index contributed by atoms with van der Waals surface area (Å²) in [7, 11) is 0. The van der Waals surface area contributed by atoms with Crippen LogP contribution in [0, 0.1) is 0 Å². The van der Waals surface area contributed by atoms with Crippen LogP contribution in [-0.2, 0) is 0 Å². The van der Waals surface area contributed by atoms with Gasteiger partial charge in [-0.15, -0.1) is 0 Å². The molecule has 0 saturated carbocycles. The fourth-order valence-electron chi connectivity index (χ4n) is 0.304. The smallest absolute Gasteiger partial charge is 0.0115 e. The van der Waals surface area contributed by atoms with Gasteiger partial charge in [-0.2, -0.15) is 0 Å². The number of hydrogen-bond donors (Lipinski definition) is 0. The molecule has 0 spiro atoms. The van der Waals surface area contributed by atoms with Gasteiger partial charge in [-0.3, -0.25) is 0 Å². The Balaban J connectivity index is 3.10. The van der Waals surface area contributed by atoms with Crippen LogP contribution < -0.4 is 0 Å². The van der Waals surface area contributed by atoms with Gasteiger partial charge in [0.1, 0.15) is 0 Å². The third-order valence-electron chi connectivity index (χ3n) is 0.554. The summed E-state index contributed by atoms with van der Waals surface area (Å²) >= 11 is 0. The van der Waals surface area contributed by atoms with Gasteiger partial charge in [0.2, 0.25) is 0 Å². The molecular formula is C6H4. The van der Waals surface area contributed by atoms with E-state index in [0.29, 0.717) is 0 Å². The third kappa shape index (κ3) is 0.498. The zero-order valence-electron chi connectivity index (χ0n) is 3.31. The summed E-state index contributed by atoms with van der Waals surface area (Å²) in [5, 5.41) is 0. The lowest BCUT2D eigenvalue weighted by atomic mass is 10.5. The van der Waals surface area contributed by atoms with Gasteiger partial charge < -0.3 is 0 Å². The van der Waals surface area contributed by atoms with Crippen LogP contribution in [0.25, 0.3) is 0 Å². The molecule has 0 saturated heterocycles. The molecule has 0 radical (unpaired) electrons. The van der Waals surface area contributed by atoms with E-state index in [9.17, 15) is 0 Å². The average molecular weight is 77.1 g/mol. The van der Waals surface area contributed by atoms with Crippen molar-refractivity contribution in [3.8, 4) is 0 Å². The molecule has 0 bridgehead atoms. The Kier molecular flexibility index (Phi) is 0.793. The van der Waals surface area contributed by atoms with Crippen molar-refractivity contribution in [2.75, 3.05) is 0 Å². The summed E-state index contributed by atoms with van der Waals surface area (Å²) in [5.74, 6) is 0. The Bertz CT molecular complexity index is 131. The van der Waals surface area contributed by atoms with E-state index in [1.165, 1.54) is 0 Å². The van der Waals surface area contributed by atoms with E-state index in [1.807, 2.05) is 24.3 Å². The van der Waals surface area contributed by atoms with E-state index in [0.717, 1.165) is 0 Å². The summed E-state index contributed by atoms with van der Waals surface area (Å²) in [6.45, 7) is 0. The first-order chi connectivity index (χ1) is 3.00. The van der Waals surface area contributed by atoms with Gasteiger partial charge in [0.15, 0.2) is 0 Å². The molecule has 0 nitrogen and oxygen atoms in total. The van der Waals surface area contributed by atoms with Crippen molar-refractivity contribution in [2.45, 2.75) is 0 Å². The lowest BCUT2D eigenvalue weighted by Crippen LogP contribution is -1.47. The van der Waals surface area contributed by atoms with E-state index in [2.05, 4.69) is 11.5 Å². The fourth-order valence-corrected chi connectivity index (χ4v) is 0.304. The first kappa shape index (κ1) is 3.24. The van der Waals surface area contributed by atoms with Gasteiger partial charge in [0.25, 0.3) is 0 Å². The molecule has 0 heterocycles. The monoisotopic (exact) mass is 77.0 g/mol. The molecule has 0 aromatic heterocycles. The van der Waals surface area contributed by atoms with E-state index >= 15 is 0 Å². The predicted octanol–water partition coefficient (Wildman–Crippen LogP) is 1.42. The average Bonchev–Trinajstić information content (AvgIpc) is 1.72. The van der Waals surface area contributed by atoms with Gasteiger partial charge in [-0.05, 0) is 12.2 Å². The topological polar surface area (TPSA) is 0 Å². The van der Waals surface area contributed by atoms with Crippen LogP contribution in [-0.4, -0.2) is 0 Å². The molecule has 0 unspecified atom stereocenters. The van der Waals surface area contributed by atoms with Crippen LogP contribution in [0.1, 0.15) is 0 Å². The Hall–Kier alpha value is -0.960. The maximum Gasteiger partial charge on any atom is -0.0115 e. The first-order valence-electron chi connectivity index (χ1n) is 1.83. The van der Waals surface area contributed by atoms with Crippen molar-refractivity contribution in [2.24, 2.45) is 0 Å². The largest absolute Gasteiger partial charge is 0.0702 e. The van der Waals surface area contributed by atoms with Crippen LogP contribution in [0.2, 0.25) is 0 Å². The van der Waals surface area contributed by atoms with Crippen LogP contribution >= 0.6 is 0 Å². The van der Waals surface area contributed by atoms with E-state index in [4.69, 9.17) is 0 Å². The van der Waals surface area contributed by atoms with Gasteiger partial charge in [-0.1, -0.05) is 23.6 Å². The highest BCUT2D eigenvalue weighted by atomic mass is 14.0. The minimum absolute atomic E-state index is 1.82. The SMILES string of the molecule is C1=C=C[13CH]=CC=1. The third-order valence-corrected chi connectivity index (χ3v) is 0.554. The molecule has 28 valence electrons. The van der Waals surface area contributed by atoms with Gasteiger partial charge in [0.05, 0.1) is 0 Å². The second-order valence-corrected chi connectivity index (χ2v) is 1.01. The number of allylic oxidation sites excluding steroid dienone is 4. The molecule has 0 amide bonds. The second-order valence-electron chi connectivity index (χ2n) is 1.01. The molecule has 6 heavy (non-hydrogen) atoms. The summed E-state index contributed by atoms with van der Waals surface area (Å²) in [4.78, 5) is 0. The van der Waals surface area contributed by atoms with E-state index in [-0.39, 0.29) is 0 Å². The summed E-state index contributed by atoms with van der Waals surface area (Å²) < 4.78 is 0. The molecule has 0 aromatic rings. The lowest BCUT2D eigenvalue weighted by molar-refractivity contribution is 1.89. The highest BCUT2D eigenvalue weighted by molar-refractivity contribution is 5.14. The maximum atomic E-state index is 2.77. The molecule has 0 fully saturated rings. The minimum Gasteiger partial charge on any atom is -0.0702 e. The Morgan fingerprint density at radius 2 is 1.33 bits per heavy atom. The number of hydrogen-bond acceptors (Lipinski definition) is 0. The lowest BCUT2D eigenvalue weighted by Gasteiger charge is -1.67. The van der Waals surface area contributed by atoms with E-state index < -0.39 is 0 Å². The zero-order valence-corrected chi connectivity index (χ0v) is 3.31. The fraction of sp³-hybridized carbons (Fsp3) is 0. The Labute approximate surface area is 36.8 Å². The normalized spacial score (nSPS) is 13.3. The molecule has 0 heteroatoms. The Morgan fingerprint density at radius 1 is 0.833 bits per heavy atom. The van der Waals surface area contributed by atoms with Crippen LogP contribution in [0.15, 0.2) is 35.8 Å². The minimum atomic E-state index is 1.82. The van der Waals surface area contributed by atoms with Crippen molar-refractivity contribution in [3.63, 3.8) is 0 Å². The van der Waals surface area contributed by atoms with Crippen LogP contribution in [0.4, 0.5) is 0 Å². The summed E-state index contributed by atoms with van der Waals surface area (Å²) in [6, 6.07) is 0. The second kappa shape index (κ2) is 1.47. The summed E-state index contributed by atoms with van der Waals surface area (Å²) in [6.07, 6.45) is 7.47. The molecule has 1 aliphatic rings. The molecule has 0 atom stereocenters. The van der Waals surface area contributed by atoms with Gasteiger partial charge >= 0.3 is 0 Å². The van der Waals surface area contributed by atoms with E-state index in [1.54, 1.807) is 0 Å². The van der Waals surface area contributed by atoms with Crippen LogP contribution in [0.3, 0.4) is 0 Å². The highest BCUT2D eigenvalue weighted by Gasteiger charge is 1.59. The standard InChI is InChI=1S/C6H4/c1-2-4-6-5-3-1/h1-4H/i1+1. The van der Waals surface area contributed by atoms with Crippen LogP contribution in [0.5, 0.6) is 0 Å². The van der Waals surface area contributed by atoms with Gasteiger partial charge in [0, 0.05) is 0 Å². The van der Waals surface area contributed by atoms with Crippen molar-refractivity contribution in [1.29, 1.82) is 0 Å².